The van der Waals surface area contributed by atoms with Crippen molar-refractivity contribution in [3.8, 4) is 0 Å². The Bertz CT molecular complexity index is 424. The van der Waals surface area contributed by atoms with Crippen molar-refractivity contribution in [3.05, 3.63) is 23.5 Å². The first kappa shape index (κ1) is 9.72. The number of carbonyl (C=O) groups excluding carboxylic acids is 2. The zero-order chi connectivity index (χ0) is 11.0. The molecule has 2 heterocycles. The molecule has 6 nitrogen and oxygen atoms in total. The van der Waals surface area contributed by atoms with Crippen LogP contribution in [0.5, 0.6) is 0 Å². The molecule has 15 heavy (non-hydrogen) atoms. The molecule has 1 aromatic heterocycles. The van der Waals surface area contributed by atoms with Crippen LogP contribution in [0.4, 0.5) is 0 Å². The molecule has 0 spiro atoms. The molecule has 6 heteroatoms. The fourth-order valence-electron chi connectivity index (χ4n) is 1.62. The molecule has 1 aliphatic rings. The van der Waals surface area contributed by atoms with Crippen molar-refractivity contribution in [2.75, 3.05) is 13.6 Å². The second kappa shape index (κ2) is 3.39. The Morgan fingerprint density at radius 1 is 1.53 bits per heavy atom. The number of amides is 2. The Morgan fingerprint density at radius 2 is 2.27 bits per heavy atom. The van der Waals surface area contributed by atoms with Crippen molar-refractivity contribution < 1.29 is 14.8 Å². The lowest BCUT2D eigenvalue weighted by atomic mass is 10.2. The molecule has 2 N–H and O–H groups in total. The average molecular weight is 209 g/mol. The molecule has 0 radical (unpaired) electrons. The lowest BCUT2D eigenvalue weighted by Crippen LogP contribution is -2.36. The summed E-state index contributed by atoms with van der Waals surface area (Å²) in [5.74, 6) is -0.717. The highest BCUT2D eigenvalue weighted by atomic mass is 16.5. The van der Waals surface area contributed by atoms with E-state index in [0.29, 0.717) is 18.8 Å². The largest absolute Gasteiger partial charge is 0.341 e. The highest BCUT2D eigenvalue weighted by Gasteiger charge is 2.23. The molecular weight excluding hydrogens is 198 g/mol. The van der Waals surface area contributed by atoms with Crippen LogP contribution >= 0.6 is 0 Å². The molecule has 0 atom stereocenters. The van der Waals surface area contributed by atoms with Crippen molar-refractivity contribution in [1.29, 1.82) is 0 Å². The summed E-state index contributed by atoms with van der Waals surface area (Å²) in [5.41, 5.74) is 2.30. The van der Waals surface area contributed by atoms with Gasteiger partial charge in [0.15, 0.2) is 0 Å². The number of fused-ring (bicyclic) bond motifs is 1. The normalized spacial score (nSPS) is 15.1. The molecular formula is C9H11N3O3. The Balaban J connectivity index is 2.39. The zero-order valence-electron chi connectivity index (χ0n) is 8.23. The number of likely N-dealkylation sites (N-methyl/N-ethyl adjacent to an activating group) is 1. The van der Waals surface area contributed by atoms with E-state index in [1.807, 2.05) is 0 Å². The van der Waals surface area contributed by atoms with Crippen LogP contribution in [-0.2, 0) is 6.54 Å². The predicted octanol–water partition coefficient (Wildman–Crippen LogP) is -0.307. The standard InChI is InChI=1S/C9H11N3O3/c1-11-2-3-12-5-6(8(13)10-15)4-7(12)9(11)14/h4-5,15H,2-3H2,1H3,(H,10,13). The summed E-state index contributed by atoms with van der Waals surface area (Å²) >= 11 is 0. The van der Waals surface area contributed by atoms with Gasteiger partial charge < -0.3 is 9.47 Å². The zero-order valence-corrected chi connectivity index (χ0v) is 8.23. The molecule has 0 fully saturated rings. The molecule has 2 rings (SSSR count). The first-order valence-electron chi connectivity index (χ1n) is 4.53. The van der Waals surface area contributed by atoms with Crippen molar-refractivity contribution in [3.63, 3.8) is 0 Å². The number of rotatable bonds is 1. The second-order valence-corrected chi connectivity index (χ2v) is 3.48. The number of hydrogen-bond donors (Lipinski definition) is 2. The average Bonchev–Trinajstić information content (AvgIpc) is 2.67. The van der Waals surface area contributed by atoms with Gasteiger partial charge in [-0.2, -0.15) is 0 Å². The van der Waals surface area contributed by atoms with Gasteiger partial charge in [0.25, 0.3) is 11.8 Å². The number of hydroxylamine groups is 1. The molecule has 80 valence electrons. The number of carbonyl (C=O) groups is 2. The van der Waals surface area contributed by atoms with Crippen LogP contribution in [0.2, 0.25) is 0 Å². The van der Waals surface area contributed by atoms with E-state index in [4.69, 9.17) is 5.21 Å². The maximum absolute atomic E-state index is 11.7. The summed E-state index contributed by atoms with van der Waals surface area (Å²) in [7, 11) is 1.71. The van der Waals surface area contributed by atoms with E-state index in [1.54, 1.807) is 22.7 Å². The van der Waals surface area contributed by atoms with E-state index in [1.165, 1.54) is 11.5 Å². The SMILES string of the molecule is CN1CCn2cc(C(=O)NO)cc2C1=O. The summed E-state index contributed by atoms with van der Waals surface area (Å²) in [6, 6.07) is 1.48. The fraction of sp³-hybridized carbons (Fsp3) is 0.333. The minimum absolute atomic E-state index is 0.113. The van der Waals surface area contributed by atoms with Crippen molar-refractivity contribution in [1.82, 2.24) is 14.9 Å². The highest BCUT2D eigenvalue weighted by molar-refractivity contribution is 5.99. The first-order chi connectivity index (χ1) is 7.13. The third-order valence-corrected chi connectivity index (χ3v) is 2.50. The monoisotopic (exact) mass is 209 g/mol. The van der Waals surface area contributed by atoms with E-state index >= 15 is 0 Å². The number of nitrogens with zero attached hydrogens (tertiary/aromatic N) is 2. The van der Waals surface area contributed by atoms with E-state index in [-0.39, 0.29) is 11.5 Å². The van der Waals surface area contributed by atoms with Gasteiger partial charge in [-0.1, -0.05) is 0 Å². The van der Waals surface area contributed by atoms with Crippen LogP contribution in [0.25, 0.3) is 0 Å². The molecule has 2 amide bonds. The molecule has 0 saturated heterocycles. The van der Waals surface area contributed by atoms with Crippen molar-refractivity contribution in [2.24, 2.45) is 0 Å². The minimum Gasteiger partial charge on any atom is -0.341 e. The van der Waals surface area contributed by atoms with Gasteiger partial charge in [0.1, 0.15) is 5.69 Å². The third kappa shape index (κ3) is 1.48. The molecule has 0 unspecified atom stereocenters. The summed E-state index contributed by atoms with van der Waals surface area (Å²) in [6.45, 7) is 1.29. The van der Waals surface area contributed by atoms with Crippen molar-refractivity contribution in [2.45, 2.75) is 6.54 Å². The molecule has 0 saturated carbocycles. The predicted molar refractivity (Wildman–Crippen MR) is 50.6 cm³/mol. The van der Waals surface area contributed by atoms with E-state index < -0.39 is 5.91 Å². The van der Waals surface area contributed by atoms with E-state index in [9.17, 15) is 9.59 Å². The molecule has 0 aromatic carbocycles. The number of nitrogens with one attached hydrogen (secondary N) is 1. The maximum Gasteiger partial charge on any atom is 0.276 e. The summed E-state index contributed by atoms with van der Waals surface area (Å²) in [5, 5.41) is 8.46. The van der Waals surface area contributed by atoms with Gasteiger partial charge in [0.05, 0.1) is 5.56 Å². The van der Waals surface area contributed by atoms with Crippen LogP contribution < -0.4 is 5.48 Å². The topological polar surface area (TPSA) is 74.6 Å². The third-order valence-electron chi connectivity index (χ3n) is 2.50. The maximum atomic E-state index is 11.7. The second-order valence-electron chi connectivity index (χ2n) is 3.48. The lowest BCUT2D eigenvalue weighted by molar-refractivity contribution is 0.0706. The number of aromatic nitrogens is 1. The summed E-state index contributed by atoms with van der Waals surface area (Å²) < 4.78 is 1.72. The number of hydrogen-bond acceptors (Lipinski definition) is 3. The van der Waals surface area contributed by atoms with Gasteiger partial charge in [-0.05, 0) is 6.07 Å². The van der Waals surface area contributed by atoms with Gasteiger partial charge >= 0.3 is 0 Å². The van der Waals surface area contributed by atoms with Gasteiger partial charge in [-0.15, -0.1) is 0 Å². The Kier molecular flexibility index (Phi) is 2.20. The van der Waals surface area contributed by atoms with Gasteiger partial charge in [0.2, 0.25) is 0 Å². The Labute approximate surface area is 86.1 Å². The van der Waals surface area contributed by atoms with Crippen LogP contribution in [0.1, 0.15) is 20.8 Å². The van der Waals surface area contributed by atoms with Gasteiger partial charge in [-0.3, -0.25) is 14.8 Å². The quantitative estimate of drug-likeness (QED) is 0.492. The highest BCUT2D eigenvalue weighted by Crippen LogP contribution is 2.15. The Hall–Kier alpha value is -1.82. The van der Waals surface area contributed by atoms with E-state index in [0.717, 1.165) is 0 Å². The van der Waals surface area contributed by atoms with Gasteiger partial charge in [0, 0.05) is 26.3 Å². The van der Waals surface area contributed by atoms with Gasteiger partial charge in [-0.25, -0.2) is 5.48 Å². The van der Waals surface area contributed by atoms with Crippen LogP contribution in [0.3, 0.4) is 0 Å². The van der Waals surface area contributed by atoms with Crippen LogP contribution in [-0.4, -0.2) is 40.1 Å². The molecule has 0 aliphatic carbocycles. The summed E-state index contributed by atoms with van der Waals surface area (Å²) in [4.78, 5) is 24.4. The minimum atomic E-state index is -0.604. The van der Waals surface area contributed by atoms with Crippen LogP contribution in [0, 0.1) is 0 Å². The first-order valence-corrected chi connectivity index (χ1v) is 4.53. The smallest absolute Gasteiger partial charge is 0.276 e. The summed E-state index contributed by atoms with van der Waals surface area (Å²) in [6.07, 6.45) is 1.56. The van der Waals surface area contributed by atoms with E-state index in [2.05, 4.69) is 0 Å². The van der Waals surface area contributed by atoms with Crippen molar-refractivity contribution >= 4 is 11.8 Å². The molecule has 1 aliphatic heterocycles. The molecule has 1 aromatic rings. The molecule has 0 bridgehead atoms. The van der Waals surface area contributed by atoms with Crippen LogP contribution in [0.15, 0.2) is 12.3 Å². The lowest BCUT2D eigenvalue weighted by Gasteiger charge is -2.24. The Morgan fingerprint density at radius 3 is 2.93 bits per heavy atom. The fourth-order valence-corrected chi connectivity index (χ4v) is 1.62.